The lowest BCUT2D eigenvalue weighted by Crippen LogP contribution is -2.25. The number of aromatic nitrogens is 4. The molecule has 0 atom stereocenters. The van der Waals surface area contributed by atoms with Crippen molar-refractivity contribution in [3.8, 4) is 11.8 Å². The number of nitrogens with one attached hydrogen (secondary N) is 1. The molecule has 172 valence electrons. The van der Waals surface area contributed by atoms with Gasteiger partial charge in [0.25, 0.3) is 0 Å². The zero-order valence-electron chi connectivity index (χ0n) is 18.4. The van der Waals surface area contributed by atoms with E-state index in [1.807, 2.05) is 29.9 Å². The Morgan fingerprint density at radius 2 is 2.00 bits per heavy atom. The lowest BCUT2D eigenvalue weighted by molar-refractivity contribution is 0.373. The maximum Gasteiger partial charge on any atom is 0.173 e. The average molecular weight is 472 g/mol. The molecule has 3 heterocycles. The van der Waals surface area contributed by atoms with E-state index >= 15 is 0 Å². The second-order valence-electron chi connectivity index (χ2n) is 8.00. The Kier molecular flexibility index (Phi) is 7.06. The lowest BCUT2D eigenvalue weighted by atomic mass is 10.2. The number of hydrogen-bond acceptors (Lipinski definition) is 6. The summed E-state index contributed by atoms with van der Waals surface area (Å²) in [5, 5.41) is 7.33. The first kappa shape index (κ1) is 23.0. The maximum atomic E-state index is 14.4. The molecule has 10 heteroatoms. The largest absolute Gasteiger partial charge is 0.367 e. The number of nitrogens with zero attached hydrogens (tertiary/aromatic N) is 6. The van der Waals surface area contributed by atoms with E-state index in [0.717, 1.165) is 37.2 Å². The summed E-state index contributed by atoms with van der Waals surface area (Å²) in [5.74, 6) is 5.97. The van der Waals surface area contributed by atoms with Gasteiger partial charge >= 0.3 is 0 Å². The van der Waals surface area contributed by atoms with Crippen LogP contribution in [0.3, 0.4) is 0 Å². The molecule has 1 aliphatic rings. The molecule has 1 N–H and O–H groups in total. The van der Waals surface area contributed by atoms with E-state index in [0.29, 0.717) is 30.4 Å². The Morgan fingerprint density at radius 1 is 1.18 bits per heavy atom. The molecule has 0 aliphatic carbocycles. The quantitative estimate of drug-likeness (QED) is 0.454. The summed E-state index contributed by atoms with van der Waals surface area (Å²) in [6, 6.07) is 2.11. The molecule has 1 aromatic carbocycles. The molecule has 0 unspecified atom stereocenters. The third kappa shape index (κ3) is 5.59. The van der Waals surface area contributed by atoms with Crippen LogP contribution in [0.25, 0.3) is 0 Å². The van der Waals surface area contributed by atoms with Crippen LogP contribution in [0, 0.1) is 23.5 Å². The summed E-state index contributed by atoms with van der Waals surface area (Å²) >= 11 is 6.05. The van der Waals surface area contributed by atoms with Gasteiger partial charge in [0.2, 0.25) is 0 Å². The number of halogens is 3. The second kappa shape index (κ2) is 10.1. The summed E-state index contributed by atoms with van der Waals surface area (Å²) in [5.41, 5.74) is 1.33. The van der Waals surface area contributed by atoms with Crippen molar-refractivity contribution in [1.82, 2.24) is 24.6 Å². The van der Waals surface area contributed by atoms with Gasteiger partial charge < -0.3 is 15.1 Å². The number of anilines is 2. The predicted molar refractivity (Wildman–Crippen MR) is 124 cm³/mol. The number of benzene rings is 1. The van der Waals surface area contributed by atoms with Crippen molar-refractivity contribution in [3.05, 3.63) is 64.2 Å². The monoisotopic (exact) mass is 471 g/mol. The van der Waals surface area contributed by atoms with Crippen LogP contribution >= 0.6 is 11.6 Å². The Labute approximate surface area is 196 Å². The normalized spacial score (nSPS) is 13.2. The van der Waals surface area contributed by atoms with Crippen molar-refractivity contribution in [3.63, 3.8) is 0 Å². The fraction of sp³-hybridized carbons (Fsp3) is 0.348. The van der Waals surface area contributed by atoms with Crippen LogP contribution < -0.4 is 10.2 Å². The van der Waals surface area contributed by atoms with Crippen LogP contribution in [-0.4, -0.2) is 58.4 Å². The SMILES string of the molecule is CN(C)CCn1cc(C#Cc2cnc3c(n2)N(Cc2c(F)ccc(F)c2Cl)CCCN3)cn1. The van der Waals surface area contributed by atoms with Gasteiger partial charge in [0.15, 0.2) is 11.6 Å². The number of fused-ring (bicyclic) bond motifs is 1. The molecule has 0 saturated heterocycles. The Bertz CT molecular complexity index is 1200. The summed E-state index contributed by atoms with van der Waals surface area (Å²) < 4.78 is 30.2. The molecular weight excluding hydrogens is 448 g/mol. The molecule has 0 amide bonds. The first-order valence-electron chi connectivity index (χ1n) is 10.6. The molecule has 0 fully saturated rings. The molecule has 33 heavy (non-hydrogen) atoms. The Hall–Kier alpha value is -3.22. The minimum atomic E-state index is -0.655. The zero-order valence-corrected chi connectivity index (χ0v) is 19.2. The Morgan fingerprint density at radius 3 is 2.82 bits per heavy atom. The minimum Gasteiger partial charge on any atom is -0.367 e. The van der Waals surface area contributed by atoms with Gasteiger partial charge in [-0.2, -0.15) is 5.10 Å². The third-order valence-electron chi connectivity index (χ3n) is 5.18. The fourth-order valence-corrected chi connectivity index (χ4v) is 3.63. The topological polar surface area (TPSA) is 62.1 Å². The highest BCUT2D eigenvalue weighted by atomic mass is 35.5. The van der Waals surface area contributed by atoms with E-state index in [9.17, 15) is 8.78 Å². The van der Waals surface area contributed by atoms with Crippen LogP contribution in [-0.2, 0) is 13.1 Å². The lowest BCUT2D eigenvalue weighted by Gasteiger charge is -2.23. The predicted octanol–water partition coefficient (Wildman–Crippen LogP) is 3.39. The summed E-state index contributed by atoms with van der Waals surface area (Å²) in [4.78, 5) is 13.0. The van der Waals surface area contributed by atoms with Gasteiger partial charge in [0, 0.05) is 37.9 Å². The van der Waals surface area contributed by atoms with Gasteiger partial charge in [-0.1, -0.05) is 17.5 Å². The van der Waals surface area contributed by atoms with Gasteiger partial charge in [-0.15, -0.1) is 0 Å². The fourth-order valence-electron chi connectivity index (χ4n) is 3.42. The zero-order chi connectivity index (χ0) is 23.4. The minimum absolute atomic E-state index is 0.0707. The van der Waals surface area contributed by atoms with Crippen LogP contribution in [0.5, 0.6) is 0 Å². The summed E-state index contributed by atoms with van der Waals surface area (Å²) in [6.45, 7) is 2.99. The molecule has 0 saturated carbocycles. The van der Waals surface area contributed by atoms with Crippen molar-refractivity contribution in [2.75, 3.05) is 43.9 Å². The van der Waals surface area contributed by atoms with E-state index in [1.54, 1.807) is 12.4 Å². The standard InChI is InChI=1S/C23H24ClF2N7/c1-31(2)10-11-33-14-16(12-29-33)4-5-17-13-28-22-23(30-17)32(9-3-8-27-22)15-18-19(25)6-7-20(26)21(18)24/h6-7,12-14H,3,8-11,15H2,1-2H3,(H,27,28). The molecule has 3 aromatic rings. The van der Waals surface area contributed by atoms with Crippen LogP contribution in [0.15, 0.2) is 30.7 Å². The van der Waals surface area contributed by atoms with Crippen molar-refractivity contribution < 1.29 is 8.78 Å². The van der Waals surface area contributed by atoms with Crippen molar-refractivity contribution >= 4 is 23.2 Å². The van der Waals surface area contributed by atoms with Crippen molar-refractivity contribution in [1.29, 1.82) is 0 Å². The highest BCUT2D eigenvalue weighted by molar-refractivity contribution is 6.31. The van der Waals surface area contributed by atoms with Gasteiger partial charge in [0.1, 0.15) is 17.3 Å². The number of hydrogen-bond donors (Lipinski definition) is 1. The number of rotatable bonds is 5. The molecule has 4 rings (SSSR count). The highest BCUT2D eigenvalue weighted by Gasteiger charge is 2.22. The molecule has 1 aliphatic heterocycles. The third-order valence-corrected chi connectivity index (χ3v) is 5.59. The van der Waals surface area contributed by atoms with Gasteiger partial charge in [-0.25, -0.2) is 18.7 Å². The van der Waals surface area contributed by atoms with Crippen LogP contribution in [0.4, 0.5) is 20.4 Å². The van der Waals surface area contributed by atoms with Gasteiger partial charge in [-0.3, -0.25) is 4.68 Å². The van der Waals surface area contributed by atoms with Crippen LogP contribution in [0.1, 0.15) is 23.2 Å². The summed E-state index contributed by atoms with van der Waals surface area (Å²) in [7, 11) is 4.02. The van der Waals surface area contributed by atoms with Gasteiger partial charge in [0.05, 0.1) is 29.5 Å². The molecule has 7 nitrogen and oxygen atoms in total. The highest BCUT2D eigenvalue weighted by Crippen LogP contribution is 2.30. The first-order valence-corrected chi connectivity index (χ1v) is 11.0. The van der Waals surface area contributed by atoms with E-state index < -0.39 is 11.6 Å². The smallest absolute Gasteiger partial charge is 0.173 e. The average Bonchev–Trinajstić information content (AvgIpc) is 3.17. The van der Waals surface area contributed by atoms with E-state index in [4.69, 9.17) is 11.6 Å². The van der Waals surface area contributed by atoms with E-state index in [2.05, 4.69) is 37.1 Å². The number of likely N-dealkylation sites (N-methyl/N-ethyl adjacent to an activating group) is 1. The Balaban J connectivity index is 1.58. The molecule has 0 radical (unpaired) electrons. The molecular formula is C23H24ClF2N7. The molecule has 2 aromatic heterocycles. The summed E-state index contributed by atoms with van der Waals surface area (Å²) in [6.07, 6.45) is 5.96. The first-order chi connectivity index (χ1) is 15.9. The van der Waals surface area contributed by atoms with E-state index in [1.165, 1.54) is 0 Å². The second-order valence-corrected chi connectivity index (χ2v) is 8.37. The maximum absolute atomic E-state index is 14.4. The van der Waals surface area contributed by atoms with Crippen molar-refractivity contribution in [2.24, 2.45) is 0 Å². The van der Waals surface area contributed by atoms with E-state index in [-0.39, 0.29) is 17.1 Å². The van der Waals surface area contributed by atoms with Crippen LogP contribution in [0.2, 0.25) is 5.02 Å². The van der Waals surface area contributed by atoms with Gasteiger partial charge in [-0.05, 0) is 38.6 Å². The molecule has 0 spiro atoms. The van der Waals surface area contributed by atoms with Crippen molar-refractivity contribution in [2.45, 2.75) is 19.5 Å². The molecule has 0 bridgehead atoms.